The summed E-state index contributed by atoms with van der Waals surface area (Å²) in [5, 5.41) is 2.76. The molecule has 0 aliphatic heterocycles. The van der Waals surface area contributed by atoms with Gasteiger partial charge in [-0.15, -0.1) is 5.92 Å². The minimum atomic E-state index is 0.0251. The number of hydrogen-bond donors (Lipinski definition) is 2. The second-order valence-electron chi connectivity index (χ2n) is 3.98. The predicted molar refractivity (Wildman–Crippen MR) is 70.3 cm³/mol. The van der Waals surface area contributed by atoms with Crippen molar-refractivity contribution < 1.29 is 4.79 Å². The zero-order valence-corrected chi connectivity index (χ0v) is 10.3. The van der Waals surface area contributed by atoms with Crippen molar-refractivity contribution in [2.75, 3.05) is 12.3 Å². The van der Waals surface area contributed by atoms with Crippen molar-refractivity contribution in [2.24, 2.45) is 0 Å². The lowest BCUT2D eigenvalue weighted by Gasteiger charge is -2.11. The molecule has 0 spiro atoms. The number of nitrogen functional groups attached to an aromatic ring is 1. The summed E-state index contributed by atoms with van der Waals surface area (Å²) in [7, 11) is 0. The van der Waals surface area contributed by atoms with Crippen LogP contribution >= 0.6 is 0 Å². The quantitative estimate of drug-likeness (QED) is 0.613. The maximum Gasteiger partial charge on any atom is 0.221 e. The van der Waals surface area contributed by atoms with Gasteiger partial charge in [-0.3, -0.25) is 4.79 Å². The van der Waals surface area contributed by atoms with Crippen LogP contribution in [-0.4, -0.2) is 12.5 Å². The number of nitrogens with two attached hydrogens (primary N) is 1. The van der Waals surface area contributed by atoms with E-state index in [1.54, 1.807) is 6.92 Å². The maximum absolute atomic E-state index is 11.6. The van der Waals surface area contributed by atoms with Crippen LogP contribution < -0.4 is 11.1 Å². The van der Waals surface area contributed by atoms with Gasteiger partial charge in [0, 0.05) is 12.1 Å². The fourth-order valence-corrected chi connectivity index (χ4v) is 1.52. The third-order valence-corrected chi connectivity index (χ3v) is 2.55. The second-order valence-corrected chi connectivity index (χ2v) is 3.98. The minimum Gasteiger partial charge on any atom is -0.399 e. The Labute approximate surface area is 102 Å². The molecule has 90 valence electrons. The monoisotopic (exact) mass is 230 g/mol. The Morgan fingerprint density at radius 3 is 2.65 bits per heavy atom. The van der Waals surface area contributed by atoms with Crippen molar-refractivity contribution >= 4 is 11.6 Å². The normalized spacial score (nSPS) is 11.2. The van der Waals surface area contributed by atoms with Crippen LogP contribution in [-0.2, 0) is 4.79 Å². The van der Waals surface area contributed by atoms with Gasteiger partial charge < -0.3 is 11.1 Å². The van der Waals surface area contributed by atoms with Crippen LogP contribution in [0.1, 0.15) is 31.7 Å². The summed E-state index contributed by atoms with van der Waals surface area (Å²) in [6, 6.07) is 7.62. The van der Waals surface area contributed by atoms with Crippen molar-refractivity contribution in [3.63, 3.8) is 0 Å². The topological polar surface area (TPSA) is 55.1 Å². The third kappa shape index (κ3) is 4.60. The lowest BCUT2D eigenvalue weighted by Crippen LogP contribution is -2.24. The smallest absolute Gasteiger partial charge is 0.221 e. The third-order valence-electron chi connectivity index (χ3n) is 2.55. The van der Waals surface area contributed by atoms with Gasteiger partial charge in [-0.2, -0.15) is 0 Å². The Hall–Kier alpha value is -1.95. The molecular formula is C14H18N2O. The van der Waals surface area contributed by atoms with Crippen LogP contribution in [0.25, 0.3) is 0 Å². The maximum atomic E-state index is 11.6. The summed E-state index contributed by atoms with van der Waals surface area (Å²) in [4.78, 5) is 11.6. The highest BCUT2D eigenvalue weighted by molar-refractivity contribution is 5.77. The first kappa shape index (κ1) is 13.1. The van der Waals surface area contributed by atoms with E-state index in [0.29, 0.717) is 13.0 Å². The molecule has 0 bridgehead atoms. The average Bonchev–Trinajstić information content (AvgIpc) is 2.30. The fraction of sp³-hybridized carbons (Fsp3) is 0.357. The van der Waals surface area contributed by atoms with Gasteiger partial charge in [0.1, 0.15) is 0 Å². The standard InChI is InChI=1S/C14H18N2O/c1-3-4-9-16-14(17)10-11(2)12-5-7-13(15)8-6-12/h5-8,11H,9-10,15H2,1-2H3,(H,16,17). The number of carbonyl (C=O) groups is 1. The molecule has 17 heavy (non-hydrogen) atoms. The molecule has 1 aromatic rings. The molecule has 1 amide bonds. The summed E-state index contributed by atoms with van der Waals surface area (Å²) in [6.45, 7) is 4.20. The molecule has 0 aliphatic rings. The Balaban J connectivity index is 2.47. The molecule has 3 N–H and O–H groups in total. The van der Waals surface area contributed by atoms with Crippen LogP contribution in [0.4, 0.5) is 5.69 Å². The van der Waals surface area contributed by atoms with Crippen molar-refractivity contribution in [2.45, 2.75) is 26.2 Å². The molecule has 3 nitrogen and oxygen atoms in total. The summed E-state index contributed by atoms with van der Waals surface area (Å²) < 4.78 is 0. The lowest BCUT2D eigenvalue weighted by atomic mass is 9.97. The van der Waals surface area contributed by atoms with Crippen molar-refractivity contribution in [3.8, 4) is 11.8 Å². The minimum absolute atomic E-state index is 0.0251. The largest absolute Gasteiger partial charge is 0.399 e. The summed E-state index contributed by atoms with van der Waals surface area (Å²) in [6.07, 6.45) is 0.468. The number of anilines is 1. The van der Waals surface area contributed by atoms with E-state index >= 15 is 0 Å². The molecule has 0 radical (unpaired) electrons. The van der Waals surface area contributed by atoms with Gasteiger partial charge in [0.25, 0.3) is 0 Å². The Morgan fingerprint density at radius 2 is 2.06 bits per heavy atom. The van der Waals surface area contributed by atoms with Gasteiger partial charge in [0.05, 0.1) is 6.54 Å². The highest BCUT2D eigenvalue weighted by Crippen LogP contribution is 2.19. The van der Waals surface area contributed by atoms with Crippen LogP contribution in [0.2, 0.25) is 0 Å². The number of amides is 1. The Morgan fingerprint density at radius 1 is 1.41 bits per heavy atom. The van der Waals surface area contributed by atoms with E-state index in [1.165, 1.54) is 0 Å². The predicted octanol–water partition coefficient (Wildman–Crippen LogP) is 1.90. The molecule has 1 rings (SSSR count). The first-order valence-corrected chi connectivity index (χ1v) is 5.65. The first-order chi connectivity index (χ1) is 8.13. The molecule has 1 unspecified atom stereocenters. The van der Waals surface area contributed by atoms with Gasteiger partial charge in [-0.1, -0.05) is 25.0 Å². The molecule has 0 aliphatic carbocycles. The van der Waals surface area contributed by atoms with Crippen molar-refractivity contribution in [3.05, 3.63) is 29.8 Å². The average molecular weight is 230 g/mol. The van der Waals surface area contributed by atoms with Gasteiger partial charge in [-0.05, 0) is 30.5 Å². The van der Waals surface area contributed by atoms with Crippen molar-refractivity contribution in [1.29, 1.82) is 0 Å². The summed E-state index contributed by atoms with van der Waals surface area (Å²) >= 11 is 0. The number of hydrogen-bond acceptors (Lipinski definition) is 2. The van der Waals surface area contributed by atoms with Crippen molar-refractivity contribution in [1.82, 2.24) is 5.32 Å². The summed E-state index contributed by atoms with van der Waals surface area (Å²) in [5.41, 5.74) is 7.48. The fourth-order valence-electron chi connectivity index (χ4n) is 1.52. The van der Waals surface area contributed by atoms with Gasteiger partial charge in [-0.25, -0.2) is 0 Å². The molecule has 3 heteroatoms. The molecule has 1 aromatic carbocycles. The SMILES string of the molecule is CC#CCNC(=O)CC(C)c1ccc(N)cc1. The number of nitrogens with one attached hydrogen (secondary N) is 1. The Bertz CT molecular complexity index is 426. The van der Waals surface area contributed by atoms with E-state index in [2.05, 4.69) is 17.2 Å². The first-order valence-electron chi connectivity index (χ1n) is 5.65. The van der Waals surface area contributed by atoms with E-state index in [1.807, 2.05) is 31.2 Å². The molecule has 0 saturated heterocycles. The number of carbonyl (C=O) groups excluding carboxylic acids is 1. The zero-order valence-electron chi connectivity index (χ0n) is 10.3. The van der Waals surface area contributed by atoms with Gasteiger partial charge >= 0.3 is 0 Å². The highest BCUT2D eigenvalue weighted by Gasteiger charge is 2.10. The molecular weight excluding hydrogens is 212 g/mol. The summed E-state index contributed by atoms with van der Waals surface area (Å²) in [5.74, 6) is 5.75. The van der Waals surface area contributed by atoms with Crippen LogP contribution in [0.5, 0.6) is 0 Å². The Kier molecular flexibility index (Phi) is 5.09. The lowest BCUT2D eigenvalue weighted by molar-refractivity contribution is -0.121. The van der Waals surface area contributed by atoms with Gasteiger partial charge in [0.2, 0.25) is 5.91 Å². The van der Waals surface area contributed by atoms with Gasteiger partial charge in [0.15, 0.2) is 0 Å². The molecule has 0 fully saturated rings. The second kappa shape index (κ2) is 6.59. The highest BCUT2D eigenvalue weighted by atomic mass is 16.1. The van der Waals surface area contributed by atoms with E-state index in [4.69, 9.17) is 5.73 Å². The van der Waals surface area contributed by atoms with E-state index in [-0.39, 0.29) is 11.8 Å². The van der Waals surface area contributed by atoms with Crippen LogP contribution in [0, 0.1) is 11.8 Å². The number of benzene rings is 1. The molecule has 0 aromatic heterocycles. The van der Waals surface area contributed by atoms with Crippen LogP contribution in [0.15, 0.2) is 24.3 Å². The number of rotatable bonds is 4. The van der Waals surface area contributed by atoms with Crippen LogP contribution in [0.3, 0.4) is 0 Å². The zero-order chi connectivity index (χ0) is 12.7. The van der Waals surface area contributed by atoms with E-state index in [9.17, 15) is 4.79 Å². The molecule has 0 saturated carbocycles. The molecule has 1 atom stereocenters. The molecule has 0 heterocycles. The van der Waals surface area contributed by atoms with E-state index in [0.717, 1.165) is 11.3 Å². The van der Waals surface area contributed by atoms with E-state index < -0.39 is 0 Å².